The summed E-state index contributed by atoms with van der Waals surface area (Å²) in [5, 5.41) is 16.5. The number of hydrogen-bond donors (Lipinski definition) is 3. The summed E-state index contributed by atoms with van der Waals surface area (Å²) in [5.41, 5.74) is 0.860. The number of ether oxygens (including phenoxy) is 1. The third kappa shape index (κ3) is 4.57. The average molecular weight is 465 g/mol. The van der Waals surface area contributed by atoms with Crippen LogP contribution in [0.5, 0.6) is 5.75 Å². The molecule has 0 unspecified atom stereocenters. The number of aromatic amines is 2. The highest BCUT2D eigenvalue weighted by Crippen LogP contribution is 2.42. The third-order valence-corrected chi connectivity index (χ3v) is 6.32. The summed E-state index contributed by atoms with van der Waals surface area (Å²) in [7, 11) is 0. The lowest BCUT2D eigenvalue weighted by atomic mass is 9.70. The predicted molar refractivity (Wildman–Crippen MR) is 123 cm³/mol. The number of nitrogens with zero attached hydrogens (tertiary/aromatic N) is 3. The molecule has 0 aliphatic heterocycles. The Morgan fingerprint density at radius 1 is 1.18 bits per heavy atom. The van der Waals surface area contributed by atoms with Gasteiger partial charge in [-0.2, -0.15) is 5.10 Å². The SMILES string of the molecule is Cc1cccc(OC2CCC(Cc3cccc(Nc4ccn[nH]4)n3)(c3n[nH]c(=O)o3)CC2)c1F. The van der Waals surface area contributed by atoms with E-state index in [0.29, 0.717) is 49.4 Å². The van der Waals surface area contributed by atoms with Crippen LogP contribution >= 0.6 is 0 Å². The van der Waals surface area contributed by atoms with E-state index < -0.39 is 11.2 Å². The summed E-state index contributed by atoms with van der Waals surface area (Å²) >= 11 is 0. The van der Waals surface area contributed by atoms with E-state index in [1.807, 2.05) is 24.3 Å². The zero-order valence-corrected chi connectivity index (χ0v) is 18.7. The minimum atomic E-state index is -0.586. The Morgan fingerprint density at radius 3 is 2.74 bits per heavy atom. The quantitative estimate of drug-likeness (QED) is 0.375. The van der Waals surface area contributed by atoms with Crippen LogP contribution in [0.1, 0.15) is 42.8 Å². The Balaban J connectivity index is 1.35. The monoisotopic (exact) mass is 464 g/mol. The molecule has 34 heavy (non-hydrogen) atoms. The number of aromatic nitrogens is 5. The van der Waals surface area contributed by atoms with Crippen LogP contribution in [0.15, 0.2) is 57.9 Å². The average Bonchev–Trinajstić information content (AvgIpc) is 3.51. The first-order valence-electron chi connectivity index (χ1n) is 11.2. The van der Waals surface area contributed by atoms with E-state index in [1.54, 1.807) is 31.3 Å². The molecule has 3 N–H and O–H groups in total. The summed E-state index contributed by atoms with van der Waals surface area (Å²) in [6.07, 6.45) is 4.68. The highest BCUT2D eigenvalue weighted by atomic mass is 19.1. The van der Waals surface area contributed by atoms with E-state index in [-0.39, 0.29) is 17.7 Å². The number of benzene rings is 1. The molecule has 0 atom stereocenters. The number of halogens is 1. The Bertz CT molecular complexity index is 1310. The van der Waals surface area contributed by atoms with Gasteiger partial charge in [0.1, 0.15) is 11.6 Å². The minimum absolute atomic E-state index is 0.142. The molecule has 1 aliphatic rings. The molecule has 0 saturated heterocycles. The van der Waals surface area contributed by atoms with Gasteiger partial charge >= 0.3 is 5.76 Å². The zero-order chi connectivity index (χ0) is 23.5. The van der Waals surface area contributed by atoms with E-state index in [2.05, 4.69) is 25.7 Å². The van der Waals surface area contributed by atoms with Crippen molar-refractivity contribution in [2.24, 2.45) is 0 Å². The highest BCUT2D eigenvalue weighted by Gasteiger charge is 2.42. The van der Waals surface area contributed by atoms with Gasteiger partial charge in [0.05, 0.1) is 17.7 Å². The predicted octanol–water partition coefficient (Wildman–Crippen LogP) is 4.17. The van der Waals surface area contributed by atoms with Gasteiger partial charge in [0.25, 0.3) is 0 Å². The summed E-state index contributed by atoms with van der Waals surface area (Å²) < 4.78 is 25.8. The summed E-state index contributed by atoms with van der Waals surface area (Å²) in [5.74, 6) is 1.13. The highest BCUT2D eigenvalue weighted by molar-refractivity contribution is 5.50. The molecule has 10 heteroatoms. The van der Waals surface area contributed by atoms with Crippen LogP contribution in [0, 0.1) is 12.7 Å². The number of rotatable bonds is 7. The van der Waals surface area contributed by atoms with Gasteiger partial charge in [0.15, 0.2) is 11.6 Å². The van der Waals surface area contributed by atoms with E-state index >= 15 is 0 Å². The lowest BCUT2D eigenvalue weighted by Crippen LogP contribution is -2.38. The van der Waals surface area contributed by atoms with Crippen LogP contribution in [0.4, 0.5) is 16.0 Å². The van der Waals surface area contributed by atoms with Gasteiger partial charge in [-0.25, -0.2) is 19.3 Å². The number of aryl methyl sites for hydroxylation is 1. The summed E-state index contributed by atoms with van der Waals surface area (Å²) in [6.45, 7) is 1.72. The molecule has 0 bridgehead atoms. The van der Waals surface area contributed by atoms with Crippen LogP contribution in [0.3, 0.4) is 0 Å². The maximum absolute atomic E-state index is 14.4. The maximum atomic E-state index is 14.4. The van der Waals surface area contributed by atoms with Gasteiger partial charge in [-0.1, -0.05) is 18.2 Å². The van der Waals surface area contributed by atoms with Crippen molar-refractivity contribution >= 4 is 11.6 Å². The van der Waals surface area contributed by atoms with Crippen molar-refractivity contribution in [3.8, 4) is 5.75 Å². The molecule has 176 valence electrons. The van der Waals surface area contributed by atoms with Crippen LogP contribution < -0.4 is 15.8 Å². The molecule has 3 aromatic heterocycles. The van der Waals surface area contributed by atoms with Gasteiger partial charge in [-0.05, 0) is 56.4 Å². The van der Waals surface area contributed by atoms with Crippen molar-refractivity contribution in [2.45, 2.75) is 50.5 Å². The summed E-state index contributed by atoms with van der Waals surface area (Å²) in [4.78, 5) is 16.5. The number of hydrogen-bond acceptors (Lipinski definition) is 7. The first kappa shape index (κ1) is 21.9. The Kier molecular flexibility index (Phi) is 5.87. The first-order chi connectivity index (χ1) is 16.5. The Hall–Kier alpha value is -3.95. The lowest BCUT2D eigenvalue weighted by molar-refractivity contribution is 0.0988. The molecule has 0 amide bonds. The molecule has 1 saturated carbocycles. The van der Waals surface area contributed by atoms with Crippen LogP contribution in [-0.2, 0) is 11.8 Å². The lowest BCUT2D eigenvalue weighted by Gasteiger charge is -2.37. The van der Waals surface area contributed by atoms with E-state index in [4.69, 9.17) is 14.1 Å². The molecule has 9 nitrogen and oxygen atoms in total. The normalized spacial score (nSPS) is 20.2. The fourth-order valence-electron chi connectivity index (χ4n) is 4.53. The Labute approximate surface area is 194 Å². The van der Waals surface area contributed by atoms with Crippen molar-refractivity contribution < 1.29 is 13.5 Å². The fourth-order valence-corrected chi connectivity index (χ4v) is 4.53. The molecular weight excluding hydrogens is 439 g/mol. The second-order valence-corrected chi connectivity index (χ2v) is 8.69. The molecule has 3 heterocycles. The van der Waals surface area contributed by atoms with Gasteiger partial charge in [0.2, 0.25) is 5.89 Å². The van der Waals surface area contributed by atoms with Crippen LogP contribution in [0.2, 0.25) is 0 Å². The molecule has 0 spiro atoms. The molecular formula is C24H25FN6O3. The van der Waals surface area contributed by atoms with Crippen molar-refractivity contribution in [3.05, 3.63) is 82.2 Å². The van der Waals surface area contributed by atoms with E-state index in [1.165, 1.54) is 0 Å². The second kappa shape index (κ2) is 9.12. The maximum Gasteiger partial charge on any atom is 0.434 e. The molecule has 1 fully saturated rings. The van der Waals surface area contributed by atoms with Crippen molar-refractivity contribution in [2.75, 3.05) is 5.32 Å². The molecule has 1 aromatic carbocycles. The van der Waals surface area contributed by atoms with E-state index in [0.717, 1.165) is 11.5 Å². The molecule has 5 rings (SSSR count). The number of H-pyrrole nitrogens is 2. The van der Waals surface area contributed by atoms with Gasteiger partial charge in [-0.15, -0.1) is 5.10 Å². The van der Waals surface area contributed by atoms with E-state index in [9.17, 15) is 9.18 Å². The van der Waals surface area contributed by atoms with Crippen molar-refractivity contribution in [1.82, 2.24) is 25.4 Å². The Morgan fingerprint density at radius 2 is 2.00 bits per heavy atom. The van der Waals surface area contributed by atoms with Crippen LogP contribution in [-0.4, -0.2) is 31.5 Å². The topological polar surface area (TPSA) is 122 Å². The van der Waals surface area contributed by atoms with Crippen molar-refractivity contribution in [3.63, 3.8) is 0 Å². The zero-order valence-electron chi connectivity index (χ0n) is 18.7. The number of anilines is 2. The minimum Gasteiger partial charge on any atom is -0.487 e. The molecule has 1 aliphatic carbocycles. The van der Waals surface area contributed by atoms with Crippen molar-refractivity contribution in [1.29, 1.82) is 0 Å². The number of nitrogens with one attached hydrogen (secondary N) is 3. The van der Waals surface area contributed by atoms with Gasteiger partial charge < -0.3 is 14.5 Å². The second-order valence-electron chi connectivity index (χ2n) is 8.69. The smallest absolute Gasteiger partial charge is 0.434 e. The number of pyridine rings is 1. The summed E-state index contributed by atoms with van der Waals surface area (Å²) in [6, 6.07) is 12.7. The van der Waals surface area contributed by atoms with Crippen LogP contribution in [0.25, 0.3) is 0 Å². The third-order valence-electron chi connectivity index (χ3n) is 6.32. The standard InChI is InChI=1S/C24H25FN6O3/c1-15-4-2-6-18(21(15)25)33-17-8-11-24(12-9-17,22-30-31-23(32)34-22)14-16-5-3-7-19(27-16)28-20-10-13-26-29-20/h2-7,10,13,17H,8-9,11-12,14H2,1H3,(H,31,32)(H2,26,27,28,29). The fraction of sp³-hybridized carbons (Fsp3) is 0.333. The molecule has 4 aromatic rings. The largest absolute Gasteiger partial charge is 0.487 e. The van der Waals surface area contributed by atoms with Gasteiger partial charge in [-0.3, -0.25) is 5.10 Å². The van der Waals surface area contributed by atoms with Gasteiger partial charge in [0, 0.05) is 18.2 Å². The molecule has 0 radical (unpaired) electrons. The first-order valence-corrected chi connectivity index (χ1v) is 11.2.